The first-order valence-electron chi connectivity index (χ1n) is 7.47. The number of ketones is 1. The minimum atomic E-state index is 0.0344. The van der Waals surface area contributed by atoms with Gasteiger partial charge in [0.2, 0.25) is 0 Å². The van der Waals surface area contributed by atoms with Crippen molar-refractivity contribution in [2.45, 2.75) is 72.8 Å². The number of hydrogen-bond donors (Lipinski definition) is 1. The number of rotatable bonds is 4. The highest BCUT2D eigenvalue weighted by Crippen LogP contribution is 2.34. The summed E-state index contributed by atoms with van der Waals surface area (Å²) in [5, 5.41) is 0. The summed E-state index contributed by atoms with van der Waals surface area (Å²) in [6.07, 6.45) is 4.85. The smallest absolute Gasteiger partial charge is 0.137 e. The third-order valence-electron chi connectivity index (χ3n) is 4.39. The molecule has 0 bridgehead atoms. The summed E-state index contributed by atoms with van der Waals surface area (Å²) in [4.78, 5) is 12.3. The maximum atomic E-state index is 12.3. The molecule has 2 nitrogen and oxygen atoms in total. The van der Waals surface area contributed by atoms with Crippen molar-refractivity contribution in [2.24, 2.45) is 28.9 Å². The molecule has 2 N–H and O–H groups in total. The van der Waals surface area contributed by atoms with Crippen LogP contribution in [0, 0.1) is 23.2 Å². The molecule has 1 fully saturated rings. The highest BCUT2D eigenvalue weighted by Gasteiger charge is 2.30. The van der Waals surface area contributed by atoms with Gasteiger partial charge in [-0.3, -0.25) is 4.79 Å². The second-order valence-electron chi connectivity index (χ2n) is 7.66. The van der Waals surface area contributed by atoms with Gasteiger partial charge in [0.05, 0.1) is 0 Å². The summed E-state index contributed by atoms with van der Waals surface area (Å²) in [7, 11) is 0. The standard InChI is InChI=1S/C16H31NO/c1-11-6-7-13(8-12(11)2)15(18)9-14(17)10-16(3,4)5/h11-14H,6-10,17H2,1-5H3. The third kappa shape index (κ3) is 5.09. The van der Waals surface area contributed by atoms with Crippen molar-refractivity contribution in [2.75, 3.05) is 0 Å². The molecule has 18 heavy (non-hydrogen) atoms. The quantitative estimate of drug-likeness (QED) is 0.828. The highest BCUT2D eigenvalue weighted by atomic mass is 16.1. The first kappa shape index (κ1) is 15.7. The molecule has 4 unspecified atom stereocenters. The summed E-state index contributed by atoms with van der Waals surface area (Å²) in [6.45, 7) is 11.1. The molecular formula is C16H31NO. The minimum Gasteiger partial charge on any atom is -0.327 e. The van der Waals surface area contributed by atoms with Gasteiger partial charge in [-0.15, -0.1) is 0 Å². The monoisotopic (exact) mass is 253 g/mol. The lowest BCUT2D eigenvalue weighted by molar-refractivity contribution is -0.125. The van der Waals surface area contributed by atoms with Crippen LogP contribution in [0.4, 0.5) is 0 Å². The van der Waals surface area contributed by atoms with Crippen molar-refractivity contribution >= 4 is 5.78 Å². The van der Waals surface area contributed by atoms with Crippen LogP contribution in [0.2, 0.25) is 0 Å². The van der Waals surface area contributed by atoms with Crippen LogP contribution in [0.5, 0.6) is 0 Å². The van der Waals surface area contributed by atoms with Crippen molar-refractivity contribution in [1.82, 2.24) is 0 Å². The largest absolute Gasteiger partial charge is 0.327 e. The normalized spacial score (nSPS) is 31.1. The van der Waals surface area contributed by atoms with Crippen LogP contribution in [-0.4, -0.2) is 11.8 Å². The molecule has 0 aromatic heterocycles. The predicted octanol–water partition coefficient (Wildman–Crippen LogP) is 3.78. The van der Waals surface area contributed by atoms with E-state index < -0.39 is 0 Å². The predicted molar refractivity (Wildman–Crippen MR) is 77.3 cm³/mol. The van der Waals surface area contributed by atoms with Crippen molar-refractivity contribution in [3.8, 4) is 0 Å². The first-order valence-corrected chi connectivity index (χ1v) is 7.47. The van der Waals surface area contributed by atoms with E-state index in [-0.39, 0.29) is 17.4 Å². The molecule has 1 aliphatic carbocycles. The second kappa shape index (κ2) is 6.18. The molecule has 0 heterocycles. The Bertz CT molecular complexity index is 279. The van der Waals surface area contributed by atoms with E-state index in [2.05, 4.69) is 34.6 Å². The van der Waals surface area contributed by atoms with Gasteiger partial charge in [0.25, 0.3) is 0 Å². The average Bonchev–Trinajstić information content (AvgIpc) is 2.18. The van der Waals surface area contributed by atoms with Crippen LogP contribution >= 0.6 is 0 Å². The molecule has 0 aromatic rings. The zero-order valence-corrected chi connectivity index (χ0v) is 12.8. The van der Waals surface area contributed by atoms with Crippen LogP contribution in [-0.2, 0) is 4.79 Å². The second-order valence-corrected chi connectivity index (χ2v) is 7.66. The van der Waals surface area contributed by atoms with Crippen LogP contribution < -0.4 is 5.73 Å². The number of hydrogen-bond acceptors (Lipinski definition) is 2. The number of carbonyl (C=O) groups is 1. The van der Waals surface area contributed by atoms with Gasteiger partial charge in [-0.25, -0.2) is 0 Å². The van der Waals surface area contributed by atoms with E-state index in [9.17, 15) is 4.79 Å². The van der Waals surface area contributed by atoms with Gasteiger partial charge in [-0.2, -0.15) is 0 Å². The van der Waals surface area contributed by atoms with E-state index in [0.29, 0.717) is 18.1 Å². The Hall–Kier alpha value is -0.370. The summed E-state index contributed by atoms with van der Waals surface area (Å²) in [5.74, 6) is 2.15. The molecule has 106 valence electrons. The SMILES string of the molecule is CC1CCC(C(=O)CC(N)CC(C)(C)C)CC1C. The van der Waals surface area contributed by atoms with Gasteiger partial charge in [0.15, 0.2) is 0 Å². The maximum absolute atomic E-state index is 12.3. The molecule has 0 amide bonds. The first-order chi connectivity index (χ1) is 8.19. The molecule has 4 atom stereocenters. The lowest BCUT2D eigenvalue weighted by Gasteiger charge is -2.32. The summed E-state index contributed by atoms with van der Waals surface area (Å²) in [6, 6.07) is 0.0344. The number of carbonyl (C=O) groups excluding carboxylic acids is 1. The molecule has 1 saturated carbocycles. The van der Waals surface area contributed by atoms with E-state index in [1.165, 1.54) is 6.42 Å². The maximum Gasteiger partial charge on any atom is 0.137 e. The number of nitrogens with two attached hydrogens (primary N) is 1. The van der Waals surface area contributed by atoms with Crippen molar-refractivity contribution in [3.05, 3.63) is 0 Å². The fourth-order valence-corrected chi connectivity index (χ4v) is 3.12. The van der Waals surface area contributed by atoms with E-state index >= 15 is 0 Å². The molecule has 0 spiro atoms. The highest BCUT2D eigenvalue weighted by molar-refractivity contribution is 5.81. The van der Waals surface area contributed by atoms with Crippen LogP contribution in [0.15, 0.2) is 0 Å². The Morgan fingerprint density at radius 2 is 1.83 bits per heavy atom. The van der Waals surface area contributed by atoms with Gasteiger partial charge in [0, 0.05) is 18.4 Å². The Morgan fingerprint density at radius 1 is 1.22 bits per heavy atom. The van der Waals surface area contributed by atoms with Crippen molar-refractivity contribution in [3.63, 3.8) is 0 Å². The van der Waals surface area contributed by atoms with Gasteiger partial charge < -0.3 is 5.73 Å². The van der Waals surface area contributed by atoms with Crippen LogP contribution in [0.1, 0.15) is 66.7 Å². The van der Waals surface area contributed by atoms with Crippen molar-refractivity contribution < 1.29 is 4.79 Å². The molecule has 0 aromatic carbocycles. The molecule has 0 radical (unpaired) electrons. The lowest BCUT2D eigenvalue weighted by atomic mass is 9.73. The molecule has 0 saturated heterocycles. The molecule has 0 aliphatic heterocycles. The summed E-state index contributed by atoms with van der Waals surface area (Å²) >= 11 is 0. The average molecular weight is 253 g/mol. The lowest BCUT2D eigenvalue weighted by Crippen LogP contribution is -2.33. The van der Waals surface area contributed by atoms with Crippen LogP contribution in [0.3, 0.4) is 0 Å². The zero-order valence-electron chi connectivity index (χ0n) is 12.8. The van der Waals surface area contributed by atoms with Crippen molar-refractivity contribution in [1.29, 1.82) is 0 Å². The fourth-order valence-electron chi connectivity index (χ4n) is 3.12. The van der Waals surface area contributed by atoms with Gasteiger partial charge in [-0.1, -0.05) is 34.6 Å². The molecule has 1 rings (SSSR count). The Morgan fingerprint density at radius 3 is 2.33 bits per heavy atom. The van der Waals surface area contributed by atoms with Gasteiger partial charge in [0.1, 0.15) is 5.78 Å². The topological polar surface area (TPSA) is 43.1 Å². The van der Waals surface area contributed by atoms with Crippen LogP contribution in [0.25, 0.3) is 0 Å². The Kier molecular flexibility index (Phi) is 5.39. The van der Waals surface area contributed by atoms with E-state index in [4.69, 9.17) is 5.73 Å². The molecular weight excluding hydrogens is 222 g/mol. The molecule has 1 aliphatic rings. The summed E-state index contributed by atoms with van der Waals surface area (Å²) in [5.41, 5.74) is 6.32. The zero-order chi connectivity index (χ0) is 13.9. The molecule has 2 heteroatoms. The van der Waals surface area contributed by atoms with E-state index in [0.717, 1.165) is 25.2 Å². The fraction of sp³-hybridized carbons (Fsp3) is 0.938. The van der Waals surface area contributed by atoms with Gasteiger partial charge in [-0.05, 0) is 42.9 Å². The third-order valence-corrected chi connectivity index (χ3v) is 4.39. The minimum absolute atomic E-state index is 0.0344. The van der Waals surface area contributed by atoms with E-state index in [1.807, 2.05) is 0 Å². The van der Waals surface area contributed by atoms with Gasteiger partial charge >= 0.3 is 0 Å². The van der Waals surface area contributed by atoms with E-state index in [1.54, 1.807) is 0 Å². The Labute approximate surface area is 113 Å². The Balaban J connectivity index is 2.41. The summed E-state index contributed by atoms with van der Waals surface area (Å²) < 4.78 is 0. The number of Topliss-reactive ketones (excluding diaryl/α,β-unsaturated/α-hetero) is 1.